The number of halogens is 2. The highest BCUT2D eigenvalue weighted by atomic mass is 19.1. The van der Waals surface area contributed by atoms with Crippen molar-refractivity contribution >= 4 is 80.2 Å². The third-order valence-electron chi connectivity index (χ3n) is 22.8. The van der Waals surface area contributed by atoms with Crippen LogP contribution in [0.5, 0.6) is 0 Å². The molecule has 4 saturated carbocycles. The lowest BCUT2D eigenvalue weighted by Gasteiger charge is -2.26. The molecule has 10 aromatic heterocycles. The van der Waals surface area contributed by atoms with E-state index in [-0.39, 0.29) is 54.6 Å². The Morgan fingerprint density at radius 1 is 0.466 bits per heavy atom. The van der Waals surface area contributed by atoms with Crippen molar-refractivity contribution in [3.05, 3.63) is 215 Å². The van der Waals surface area contributed by atoms with E-state index in [2.05, 4.69) is 111 Å². The maximum Gasteiger partial charge on any atom is 0.329 e. The highest BCUT2D eigenvalue weighted by Crippen LogP contribution is 2.38. The molecule has 4 aliphatic carbocycles. The van der Waals surface area contributed by atoms with E-state index in [0.717, 1.165) is 132 Å². The predicted octanol–water partition coefficient (Wildman–Crippen LogP) is 11.8. The average Bonchev–Trinajstić information content (AvgIpc) is 1.68. The number of ether oxygens (including phenoxy) is 1. The van der Waals surface area contributed by atoms with E-state index in [1.807, 2.05) is 24.3 Å². The fraction of sp³-hybridized carbons (Fsp3) is 0.333. The van der Waals surface area contributed by atoms with Crippen LogP contribution in [-0.4, -0.2) is 159 Å². The van der Waals surface area contributed by atoms with Crippen LogP contribution in [0.4, 0.5) is 8.78 Å². The molecule has 32 nitrogen and oxygen atoms in total. The third-order valence-corrected chi connectivity index (χ3v) is 22.8. The molecule has 4 amide bonds. The highest BCUT2D eigenvalue weighted by Gasteiger charge is 2.38. The van der Waals surface area contributed by atoms with Crippen molar-refractivity contribution in [3.63, 3.8) is 0 Å². The number of fused-ring (bicyclic) bond motifs is 4. The van der Waals surface area contributed by atoms with Crippen LogP contribution in [0.2, 0.25) is 0 Å². The number of methoxy groups -OCH3 is 1. The fourth-order valence-electron chi connectivity index (χ4n) is 16.5. The van der Waals surface area contributed by atoms with E-state index in [1.54, 1.807) is 70.5 Å². The molecule has 4 fully saturated rings. The van der Waals surface area contributed by atoms with Crippen LogP contribution < -0.4 is 21.3 Å². The van der Waals surface area contributed by atoms with Gasteiger partial charge in [-0.25, -0.2) is 87.5 Å². The number of H-pyrrole nitrogens is 4. The predicted molar refractivity (Wildman–Crippen MR) is 426 cm³/mol. The number of aromatic amines is 4. The van der Waals surface area contributed by atoms with Gasteiger partial charge in [-0.3, -0.25) is 19.2 Å². The summed E-state index contributed by atoms with van der Waals surface area (Å²) in [5.74, 6) is -0.383. The zero-order valence-electron chi connectivity index (χ0n) is 64.4. The molecule has 118 heavy (non-hydrogen) atoms. The Labute approximate surface area is 671 Å². The molecular weight excluding hydrogens is 1510 g/mol. The molecule has 9 N–H and O–H groups in total. The summed E-state index contributed by atoms with van der Waals surface area (Å²) < 4.78 is 38.2. The molecule has 600 valence electrons. The van der Waals surface area contributed by atoms with Gasteiger partial charge in [0.2, 0.25) is 0 Å². The summed E-state index contributed by atoms with van der Waals surface area (Å²) in [5.41, 5.74) is 8.65. The molecule has 10 heterocycles. The summed E-state index contributed by atoms with van der Waals surface area (Å²) >= 11 is 0. The molecule has 18 rings (SSSR count). The quantitative estimate of drug-likeness (QED) is 0.0254. The normalized spacial score (nSPS) is 15.5. The molecule has 2 unspecified atom stereocenters. The number of carboxylic acids is 1. The minimum atomic E-state index is -1.67. The summed E-state index contributed by atoms with van der Waals surface area (Å²) in [6.07, 6.45) is 29.5. The van der Waals surface area contributed by atoms with Crippen LogP contribution in [-0.2, 0) is 40.3 Å². The van der Waals surface area contributed by atoms with Gasteiger partial charge in [-0.1, -0.05) is 75.6 Å². The molecule has 0 saturated heterocycles. The van der Waals surface area contributed by atoms with Gasteiger partial charge in [0.15, 0.2) is 45.4 Å². The first-order chi connectivity index (χ1) is 57.4. The van der Waals surface area contributed by atoms with Gasteiger partial charge < -0.3 is 51.0 Å². The number of nitrogens with zero attached hydrogens (tertiary/aromatic N) is 16. The lowest BCUT2D eigenvalue weighted by molar-refractivity contribution is -0.144. The van der Waals surface area contributed by atoms with E-state index >= 15 is 0 Å². The minimum Gasteiger partial charge on any atom is -0.480 e. The van der Waals surface area contributed by atoms with Crippen molar-refractivity contribution < 1.29 is 47.4 Å². The third kappa shape index (κ3) is 16.4. The molecule has 4 aromatic carbocycles. The molecule has 0 radical (unpaired) electrons. The average molecular weight is 1590 g/mol. The number of carbonyl (C=O) groups is 6. The first-order valence-electron chi connectivity index (χ1n) is 39.6. The van der Waals surface area contributed by atoms with E-state index in [0.29, 0.717) is 113 Å². The second-order valence-corrected chi connectivity index (χ2v) is 30.9. The van der Waals surface area contributed by atoms with Gasteiger partial charge >= 0.3 is 11.9 Å². The number of carboxylic acid groups (broad SMARTS) is 1. The maximum atomic E-state index is 14.9. The van der Waals surface area contributed by atoms with Gasteiger partial charge in [-0.05, 0) is 152 Å². The topological polar surface area (TPSA) is 433 Å². The lowest BCUT2D eigenvalue weighted by atomic mass is 9.92. The molecule has 34 heteroatoms. The van der Waals surface area contributed by atoms with Gasteiger partial charge in [0, 0.05) is 73.1 Å². The minimum absolute atomic E-state index is 0.0165. The molecular formula is C84H82F2N24O8. The van der Waals surface area contributed by atoms with E-state index in [9.17, 15) is 42.7 Å². The van der Waals surface area contributed by atoms with Crippen LogP contribution >= 0.6 is 0 Å². The molecule has 14 aromatic rings. The number of hydrogen-bond acceptors (Lipinski definition) is 21. The van der Waals surface area contributed by atoms with Crippen LogP contribution in [0.15, 0.2) is 135 Å². The number of rotatable bonds is 24. The van der Waals surface area contributed by atoms with Crippen molar-refractivity contribution in [1.29, 1.82) is 0 Å². The first kappa shape index (κ1) is 76.8. The second kappa shape index (κ2) is 33.2. The van der Waals surface area contributed by atoms with Crippen LogP contribution in [0.3, 0.4) is 0 Å². The van der Waals surface area contributed by atoms with Crippen molar-refractivity contribution in [2.45, 2.75) is 171 Å². The van der Waals surface area contributed by atoms with Gasteiger partial charge in [0.1, 0.15) is 93.9 Å². The molecule has 0 aliphatic heterocycles. The summed E-state index contributed by atoms with van der Waals surface area (Å²) in [4.78, 5) is 144. The Bertz CT molecular complexity index is 6130. The number of benzene rings is 4. The van der Waals surface area contributed by atoms with Crippen molar-refractivity contribution in [2.24, 2.45) is 0 Å². The molecule has 0 bridgehead atoms. The zero-order valence-corrected chi connectivity index (χ0v) is 64.4. The second-order valence-electron chi connectivity index (χ2n) is 30.9. The number of carbonyl (C=O) groups excluding carboxylic acids is 5. The smallest absolute Gasteiger partial charge is 0.329 e. The van der Waals surface area contributed by atoms with Crippen molar-refractivity contribution in [1.82, 2.24) is 121 Å². The van der Waals surface area contributed by atoms with Gasteiger partial charge in [0.05, 0.1) is 30.9 Å². The van der Waals surface area contributed by atoms with Gasteiger partial charge in [0.25, 0.3) is 23.6 Å². The Morgan fingerprint density at radius 3 is 1.19 bits per heavy atom. The summed E-state index contributed by atoms with van der Waals surface area (Å²) in [6, 6.07) is 22.6. The largest absolute Gasteiger partial charge is 0.480 e. The van der Waals surface area contributed by atoms with Crippen LogP contribution in [0.1, 0.15) is 221 Å². The monoisotopic (exact) mass is 1590 g/mol. The van der Waals surface area contributed by atoms with E-state index in [1.165, 1.54) is 63.6 Å². The highest BCUT2D eigenvalue weighted by molar-refractivity contribution is 6.06. The Hall–Kier alpha value is -13.8. The van der Waals surface area contributed by atoms with Gasteiger partial charge in [-0.15, -0.1) is 0 Å². The standard InChI is InChI=1S/2C42H41FN12O4/c1-42(41(58)59,54-40(57)34-32-38(48-22-46-34)53-36(51-32)26-8-4-5-9-26)17-23-10-12-30(13-11-23)55-20-28(19-49-55)27-14-24(15-29(43)16-27)18-44-39(56)33-31-37(47-21-45-33)52-35(50-31)25-6-2-3-7-25;1-59-42(58)31(50-41(57)35-33-39(48-22-46-35)54-37(52-33)26-8-4-5-9-26)16-23-10-12-30(13-11-23)55-20-28(19-49-55)27-14-24(15-29(43)17-27)18-44-40(56)34-32-38(47-21-45-34)53-36(51-32)25-6-2-3-7-25/h10-16,19-22,25-26H,2-9,17-18H2,1H3,(H,44,56)(H,54,57)(H,58,59)(H,45,47,50,52)(H,46,48,51,53);10-15,17,19-22,25-26,31H,2-9,16,18H2,1H3,(H,44,56)(H,50,57)(H,45,47,51,53)(H,46,48,52,54). The summed E-state index contributed by atoms with van der Waals surface area (Å²) in [5, 5.41) is 30.5. The van der Waals surface area contributed by atoms with Crippen LogP contribution in [0.25, 0.3) is 78.3 Å². The SMILES string of the molecule is CC(Cc1ccc(-n2cc(-c3cc(F)cc(CNC(=O)c4ncnc5nc(C6CCCC6)[nH]c45)c3)cn2)cc1)(NC(=O)c1ncnc2nc(C3CCCC3)[nH]c12)C(=O)O.COC(=O)C(Cc1ccc(-n2cc(-c3cc(F)cc(CNC(=O)c4ncnc5nc(C6CCCC6)[nH]c45)c3)cn2)cc1)NC(=O)c1ncnc2nc(C3CCCC3)[nH]c12. The number of aliphatic carboxylic acids is 1. The summed E-state index contributed by atoms with van der Waals surface area (Å²) in [6.45, 7) is 1.57. The fourth-order valence-corrected chi connectivity index (χ4v) is 16.5. The van der Waals surface area contributed by atoms with Crippen molar-refractivity contribution in [2.75, 3.05) is 7.11 Å². The number of esters is 1. The first-order valence-corrected chi connectivity index (χ1v) is 39.6. The number of hydrogen-bond donors (Lipinski definition) is 9. The van der Waals surface area contributed by atoms with Crippen molar-refractivity contribution in [3.8, 4) is 33.6 Å². The maximum absolute atomic E-state index is 14.9. The number of amides is 4. The van der Waals surface area contributed by atoms with Gasteiger partial charge in [-0.2, -0.15) is 10.2 Å². The Balaban J connectivity index is 0.000000169. The zero-order chi connectivity index (χ0) is 81.1. The van der Waals surface area contributed by atoms with Crippen LogP contribution in [0, 0.1) is 11.6 Å². The molecule has 0 spiro atoms. The molecule has 2 atom stereocenters. The Morgan fingerprint density at radius 2 is 0.822 bits per heavy atom. The number of imidazole rings is 4. The van der Waals surface area contributed by atoms with E-state index in [4.69, 9.17) is 4.74 Å². The summed E-state index contributed by atoms with van der Waals surface area (Å²) in [7, 11) is 1.27. The molecule has 4 aliphatic rings. The van der Waals surface area contributed by atoms with E-state index < -0.39 is 58.8 Å². The lowest BCUT2D eigenvalue weighted by Crippen LogP contribution is -2.54. The number of nitrogens with one attached hydrogen (secondary N) is 8. The Kier molecular flexibility index (Phi) is 21.6. The number of aromatic nitrogens is 20.